The van der Waals surface area contributed by atoms with Gasteiger partial charge in [0.05, 0.1) is 18.4 Å². The van der Waals surface area contributed by atoms with Crippen LogP contribution in [0, 0.1) is 6.92 Å². The molecule has 8 heteroatoms. The largest absolute Gasteiger partial charge is 0.472 e. The molecule has 0 atom stereocenters. The molecule has 4 rings (SSSR count). The van der Waals surface area contributed by atoms with Crippen molar-refractivity contribution >= 4 is 5.91 Å². The molecule has 8 nitrogen and oxygen atoms in total. The lowest BCUT2D eigenvalue weighted by molar-refractivity contribution is 0.0733. The van der Waals surface area contributed by atoms with Crippen LogP contribution < -0.4 is 0 Å². The molecule has 0 saturated heterocycles. The summed E-state index contributed by atoms with van der Waals surface area (Å²) < 4.78 is 12.1. The maximum Gasteiger partial charge on any atom is 0.278 e. The molecule has 1 amide bonds. The number of aromatic nitrogens is 4. The van der Waals surface area contributed by atoms with Crippen LogP contribution in [0.5, 0.6) is 0 Å². The van der Waals surface area contributed by atoms with Gasteiger partial charge >= 0.3 is 0 Å². The number of carbonyl (C=O) groups excluding carboxylic acids is 1. The molecule has 3 aromatic rings. The van der Waals surface area contributed by atoms with Crippen molar-refractivity contribution in [2.45, 2.75) is 19.9 Å². The van der Waals surface area contributed by atoms with Crippen molar-refractivity contribution in [2.75, 3.05) is 6.54 Å². The van der Waals surface area contributed by atoms with Crippen molar-refractivity contribution < 1.29 is 13.7 Å². The third-order valence-electron chi connectivity index (χ3n) is 4.03. The van der Waals surface area contributed by atoms with Crippen molar-refractivity contribution in [1.82, 2.24) is 24.8 Å². The first-order valence-corrected chi connectivity index (χ1v) is 7.30. The van der Waals surface area contributed by atoms with Crippen LogP contribution in [0.1, 0.15) is 27.4 Å². The standard InChI is InChI=1S/C15H15N5O3/c1-9-16-14(23-18-9)13-11-7-20(5-3-12(11)19(2)17-13)15(21)10-4-6-22-8-10/h4,6,8H,3,5,7H2,1-2H3. The summed E-state index contributed by atoms with van der Waals surface area (Å²) in [7, 11) is 1.89. The molecule has 118 valence electrons. The van der Waals surface area contributed by atoms with E-state index in [1.807, 2.05) is 11.7 Å². The lowest BCUT2D eigenvalue weighted by Gasteiger charge is -2.27. The fourth-order valence-electron chi connectivity index (χ4n) is 2.90. The van der Waals surface area contributed by atoms with E-state index in [4.69, 9.17) is 8.94 Å². The number of rotatable bonds is 2. The van der Waals surface area contributed by atoms with E-state index in [1.54, 1.807) is 17.9 Å². The molecule has 3 aromatic heterocycles. The lowest BCUT2D eigenvalue weighted by atomic mass is 10.0. The number of hydrogen-bond donors (Lipinski definition) is 0. The van der Waals surface area contributed by atoms with Crippen molar-refractivity contribution in [3.63, 3.8) is 0 Å². The number of fused-ring (bicyclic) bond motifs is 1. The minimum Gasteiger partial charge on any atom is -0.472 e. The summed E-state index contributed by atoms with van der Waals surface area (Å²) in [6.45, 7) is 2.86. The molecule has 0 N–H and O–H groups in total. The summed E-state index contributed by atoms with van der Waals surface area (Å²) >= 11 is 0. The zero-order chi connectivity index (χ0) is 16.0. The summed E-state index contributed by atoms with van der Waals surface area (Å²) in [6.07, 6.45) is 3.69. The zero-order valence-electron chi connectivity index (χ0n) is 12.8. The average Bonchev–Trinajstić information content (AvgIpc) is 3.27. The van der Waals surface area contributed by atoms with Crippen molar-refractivity contribution in [3.05, 3.63) is 41.2 Å². The molecule has 0 aromatic carbocycles. The van der Waals surface area contributed by atoms with E-state index in [0.717, 1.165) is 17.7 Å². The number of carbonyl (C=O) groups is 1. The molecule has 0 unspecified atom stereocenters. The predicted octanol–water partition coefficient (Wildman–Crippen LogP) is 1.57. The summed E-state index contributed by atoms with van der Waals surface area (Å²) in [5.41, 5.74) is 3.24. The Morgan fingerprint density at radius 3 is 2.96 bits per heavy atom. The number of furan rings is 1. The van der Waals surface area contributed by atoms with E-state index in [-0.39, 0.29) is 5.91 Å². The highest BCUT2D eigenvalue weighted by molar-refractivity contribution is 5.94. The van der Waals surface area contributed by atoms with Gasteiger partial charge in [-0.3, -0.25) is 9.48 Å². The fourth-order valence-corrected chi connectivity index (χ4v) is 2.90. The Balaban J connectivity index is 1.70. The third kappa shape index (κ3) is 2.23. The maximum atomic E-state index is 12.5. The quantitative estimate of drug-likeness (QED) is 0.713. The second kappa shape index (κ2) is 5.08. The van der Waals surface area contributed by atoms with Crippen molar-refractivity contribution in [3.8, 4) is 11.6 Å². The maximum absolute atomic E-state index is 12.5. The molecule has 0 spiro atoms. The van der Waals surface area contributed by atoms with E-state index in [0.29, 0.717) is 36.1 Å². The van der Waals surface area contributed by atoms with Crippen LogP contribution in [0.2, 0.25) is 0 Å². The van der Waals surface area contributed by atoms with Gasteiger partial charge in [-0.25, -0.2) is 0 Å². The highest BCUT2D eigenvalue weighted by Crippen LogP contribution is 2.29. The zero-order valence-corrected chi connectivity index (χ0v) is 12.8. The molecule has 0 aliphatic carbocycles. The normalized spacial score (nSPS) is 14.1. The van der Waals surface area contributed by atoms with Gasteiger partial charge in [-0.2, -0.15) is 10.1 Å². The number of nitrogens with zero attached hydrogens (tertiary/aromatic N) is 5. The van der Waals surface area contributed by atoms with Gasteiger partial charge in [-0.1, -0.05) is 5.16 Å². The topological polar surface area (TPSA) is 90.2 Å². The summed E-state index contributed by atoms with van der Waals surface area (Å²) in [4.78, 5) is 18.5. The molecule has 0 fully saturated rings. The Labute approximate surface area is 131 Å². The van der Waals surface area contributed by atoms with Gasteiger partial charge in [0.25, 0.3) is 11.8 Å². The first kappa shape index (κ1) is 13.7. The van der Waals surface area contributed by atoms with E-state index < -0.39 is 0 Å². The first-order chi connectivity index (χ1) is 11.1. The van der Waals surface area contributed by atoms with E-state index >= 15 is 0 Å². The molecule has 0 bridgehead atoms. The summed E-state index contributed by atoms with van der Waals surface area (Å²) in [6, 6.07) is 1.67. The molecule has 4 heterocycles. The van der Waals surface area contributed by atoms with Gasteiger partial charge < -0.3 is 13.8 Å². The third-order valence-corrected chi connectivity index (χ3v) is 4.03. The Morgan fingerprint density at radius 2 is 2.26 bits per heavy atom. The van der Waals surface area contributed by atoms with Crippen LogP contribution in [0.3, 0.4) is 0 Å². The number of aryl methyl sites for hydroxylation is 2. The highest BCUT2D eigenvalue weighted by atomic mass is 16.5. The van der Waals surface area contributed by atoms with Crippen LogP contribution in [0.15, 0.2) is 27.5 Å². The van der Waals surface area contributed by atoms with Crippen LogP contribution in [-0.4, -0.2) is 37.3 Å². The molecule has 1 aliphatic rings. The molecule has 23 heavy (non-hydrogen) atoms. The Hall–Kier alpha value is -2.90. The monoisotopic (exact) mass is 313 g/mol. The van der Waals surface area contributed by atoms with E-state index in [9.17, 15) is 4.79 Å². The second-order valence-corrected chi connectivity index (χ2v) is 5.53. The molecular formula is C15H15N5O3. The Bertz CT molecular complexity index is 862. The minimum atomic E-state index is -0.0547. The Morgan fingerprint density at radius 1 is 1.39 bits per heavy atom. The SMILES string of the molecule is Cc1noc(-c2nn(C)c3c2CN(C(=O)c2ccoc2)CC3)n1. The minimum absolute atomic E-state index is 0.0547. The summed E-state index contributed by atoms with van der Waals surface area (Å²) in [5, 5.41) is 8.31. The van der Waals surface area contributed by atoms with Gasteiger partial charge in [0, 0.05) is 31.3 Å². The fraction of sp³-hybridized carbons (Fsp3) is 0.333. The predicted molar refractivity (Wildman–Crippen MR) is 78.4 cm³/mol. The Kier molecular flexibility index (Phi) is 3.03. The van der Waals surface area contributed by atoms with E-state index in [2.05, 4.69) is 15.2 Å². The molecule has 0 saturated carbocycles. The molecular weight excluding hydrogens is 298 g/mol. The first-order valence-electron chi connectivity index (χ1n) is 7.30. The lowest BCUT2D eigenvalue weighted by Crippen LogP contribution is -2.36. The van der Waals surface area contributed by atoms with Crippen molar-refractivity contribution in [1.29, 1.82) is 0 Å². The van der Waals surface area contributed by atoms with Crippen LogP contribution in [0.4, 0.5) is 0 Å². The van der Waals surface area contributed by atoms with Crippen molar-refractivity contribution in [2.24, 2.45) is 7.05 Å². The van der Waals surface area contributed by atoms with Gasteiger partial charge in [0.15, 0.2) is 11.5 Å². The van der Waals surface area contributed by atoms with Gasteiger partial charge in [0.1, 0.15) is 6.26 Å². The van der Waals surface area contributed by atoms with Crippen LogP contribution in [0.25, 0.3) is 11.6 Å². The molecule has 0 radical (unpaired) electrons. The van der Waals surface area contributed by atoms with Crippen LogP contribution in [-0.2, 0) is 20.0 Å². The molecule has 1 aliphatic heterocycles. The highest BCUT2D eigenvalue weighted by Gasteiger charge is 2.29. The smallest absolute Gasteiger partial charge is 0.278 e. The second-order valence-electron chi connectivity index (χ2n) is 5.53. The summed E-state index contributed by atoms with van der Waals surface area (Å²) in [5.74, 6) is 0.888. The van der Waals surface area contributed by atoms with Gasteiger partial charge in [-0.15, -0.1) is 0 Å². The van der Waals surface area contributed by atoms with E-state index in [1.165, 1.54) is 12.5 Å². The average molecular weight is 313 g/mol. The van der Waals surface area contributed by atoms with Gasteiger partial charge in [0.2, 0.25) is 0 Å². The number of hydrogen-bond acceptors (Lipinski definition) is 6. The van der Waals surface area contributed by atoms with Crippen LogP contribution >= 0.6 is 0 Å². The van der Waals surface area contributed by atoms with Gasteiger partial charge in [-0.05, 0) is 13.0 Å². The number of amides is 1.